The first-order valence-corrected chi connectivity index (χ1v) is 10.5. The van der Waals surface area contributed by atoms with Crippen LogP contribution in [0, 0.1) is 10.5 Å². The van der Waals surface area contributed by atoms with Crippen molar-refractivity contribution in [3.05, 3.63) is 98.8 Å². The van der Waals surface area contributed by atoms with E-state index in [1.54, 1.807) is 30.3 Å². The number of hydrogen-bond donors (Lipinski definition) is 1. The van der Waals surface area contributed by atoms with Crippen molar-refractivity contribution in [2.45, 2.75) is 13.5 Å². The molecule has 1 N–H and O–H groups in total. The van der Waals surface area contributed by atoms with E-state index in [4.69, 9.17) is 4.74 Å². The number of benzene rings is 3. The number of anilines is 1. The van der Waals surface area contributed by atoms with Gasteiger partial charge in [0.15, 0.2) is 0 Å². The van der Waals surface area contributed by atoms with Gasteiger partial charge in [-0.15, -0.1) is 0 Å². The summed E-state index contributed by atoms with van der Waals surface area (Å²) in [6, 6.07) is 22.3. The lowest BCUT2D eigenvalue weighted by Gasteiger charge is -2.11. The van der Waals surface area contributed by atoms with Gasteiger partial charge in [0.25, 0.3) is 5.91 Å². The minimum Gasteiger partial charge on any atom is -0.488 e. The number of aryl methyl sites for hydroxylation is 1. The van der Waals surface area contributed by atoms with E-state index in [-0.39, 0.29) is 11.6 Å². The normalized spacial score (nSPS) is 14.9. The maximum atomic E-state index is 12.7. The van der Waals surface area contributed by atoms with Crippen LogP contribution in [0.25, 0.3) is 6.08 Å². The van der Waals surface area contributed by atoms with E-state index in [1.165, 1.54) is 5.56 Å². The number of imide groups is 1. The van der Waals surface area contributed by atoms with Crippen LogP contribution in [-0.4, -0.2) is 11.9 Å². The predicted octanol–water partition coefficient (Wildman–Crippen LogP) is 5.28. The highest BCUT2D eigenvalue weighted by molar-refractivity contribution is 14.1. The van der Waals surface area contributed by atoms with E-state index >= 15 is 0 Å². The molecule has 1 fully saturated rings. The average molecular weight is 510 g/mol. The number of carbonyl (C=O) groups excluding carboxylic acids is 2. The standard InChI is InChI=1S/C24H19IN2O3/c1-16-6-5-7-18(12-16)15-30-22-11-10-17(13-20(22)25)14-21-23(28)27(24(29)26-21)19-8-3-2-4-9-19/h2-14H,15H2,1H3,(H,26,29)/b21-14+. The molecule has 0 unspecified atom stereocenters. The monoisotopic (exact) mass is 510 g/mol. The number of ether oxygens (including phenoxy) is 1. The van der Waals surface area contributed by atoms with Gasteiger partial charge in [0.05, 0.1) is 9.26 Å². The van der Waals surface area contributed by atoms with Crippen molar-refractivity contribution in [1.29, 1.82) is 0 Å². The number of carbonyl (C=O) groups is 2. The molecule has 0 atom stereocenters. The van der Waals surface area contributed by atoms with Crippen LogP contribution in [0.3, 0.4) is 0 Å². The molecule has 4 rings (SSSR count). The lowest BCUT2D eigenvalue weighted by atomic mass is 10.1. The van der Waals surface area contributed by atoms with E-state index in [1.807, 2.05) is 36.4 Å². The number of urea groups is 1. The molecule has 3 aromatic carbocycles. The summed E-state index contributed by atoms with van der Waals surface area (Å²) in [7, 11) is 0. The first kappa shape index (κ1) is 20.2. The highest BCUT2D eigenvalue weighted by Crippen LogP contribution is 2.26. The van der Waals surface area contributed by atoms with Crippen molar-refractivity contribution < 1.29 is 14.3 Å². The molecule has 0 saturated carbocycles. The third-order valence-electron chi connectivity index (χ3n) is 4.64. The Morgan fingerprint density at radius 1 is 1.00 bits per heavy atom. The van der Waals surface area contributed by atoms with Crippen molar-refractivity contribution >= 4 is 46.3 Å². The summed E-state index contributed by atoms with van der Waals surface area (Å²) in [5.74, 6) is 0.396. The molecule has 3 amide bonds. The van der Waals surface area contributed by atoms with Crippen LogP contribution in [0.1, 0.15) is 16.7 Å². The molecule has 0 aromatic heterocycles. The fourth-order valence-electron chi connectivity index (χ4n) is 3.20. The smallest absolute Gasteiger partial charge is 0.333 e. The number of nitrogens with zero attached hydrogens (tertiary/aromatic N) is 1. The second-order valence-electron chi connectivity index (χ2n) is 6.93. The summed E-state index contributed by atoms with van der Waals surface area (Å²) in [6.45, 7) is 2.54. The van der Waals surface area contributed by atoms with Crippen LogP contribution < -0.4 is 15.0 Å². The Morgan fingerprint density at radius 3 is 2.53 bits per heavy atom. The van der Waals surface area contributed by atoms with Crippen LogP contribution in [-0.2, 0) is 11.4 Å². The Hall–Kier alpha value is -3.13. The number of rotatable bonds is 5. The summed E-state index contributed by atoms with van der Waals surface area (Å²) in [5, 5.41) is 2.65. The number of para-hydroxylation sites is 1. The molecule has 1 saturated heterocycles. The lowest BCUT2D eigenvalue weighted by Crippen LogP contribution is -2.30. The first-order chi connectivity index (χ1) is 14.5. The van der Waals surface area contributed by atoms with Gasteiger partial charge in [-0.25, -0.2) is 9.69 Å². The van der Waals surface area contributed by atoms with Gasteiger partial charge in [-0.2, -0.15) is 0 Å². The molecular weight excluding hydrogens is 491 g/mol. The van der Waals surface area contributed by atoms with Gasteiger partial charge in [-0.1, -0.05) is 54.1 Å². The molecule has 150 valence electrons. The summed E-state index contributed by atoms with van der Waals surface area (Å²) in [6.07, 6.45) is 1.68. The van der Waals surface area contributed by atoms with Crippen molar-refractivity contribution in [1.82, 2.24) is 5.32 Å². The number of nitrogens with one attached hydrogen (secondary N) is 1. The second kappa shape index (κ2) is 8.71. The van der Waals surface area contributed by atoms with E-state index in [0.717, 1.165) is 25.3 Å². The molecule has 0 aliphatic carbocycles. The summed E-state index contributed by atoms with van der Waals surface area (Å²) >= 11 is 2.21. The molecule has 30 heavy (non-hydrogen) atoms. The zero-order valence-corrected chi connectivity index (χ0v) is 18.4. The summed E-state index contributed by atoms with van der Waals surface area (Å²) in [4.78, 5) is 26.1. The van der Waals surface area contributed by atoms with Crippen molar-refractivity contribution in [2.75, 3.05) is 4.90 Å². The Balaban J connectivity index is 1.50. The minimum absolute atomic E-state index is 0.244. The SMILES string of the molecule is Cc1cccc(COc2ccc(/C=C3/NC(=O)N(c4ccccc4)C3=O)cc2I)c1. The first-order valence-electron chi connectivity index (χ1n) is 9.41. The largest absolute Gasteiger partial charge is 0.488 e. The predicted molar refractivity (Wildman–Crippen MR) is 125 cm³/mol. The Labute approximate surface area is 188 Å². The molecule has 6 heteroatoms. The highest BCUT2D eigenvalue weighted by Gasteiger charge is 2.34. The second-order valence-corrected chi connectivity index (χ2v) is 8.09. The molecule has 0 spiro atoms. The minimum atomic E-state index is -0.453. The van der Waals surface area contributed by atoms with Crippen LogP contribution in [0.5, 0.6) is 5.75 Å². The van der Waals surface area contributed by atoms with Crippen molar-refractivity contribution in [2.24, 2.45) is 0 Å². The van der Waals surface area contributed by atoms with E-state index in [0.29, 0.717) is 12.3 Å². The van der Waals surface area contributed by atoms with Crippen LogP contribution in [0.2, 0.25) is 0 Å². The highest BCUT2D eigenvalue weighted by atomic mass is 127. The van der Waals surface area contributed by atoms with Crippen LogP contribution in [0.15, 0.2) is 78.5 Å². The van der Waals surface area contributed by atoms with Gasteiger partial charge in [0.2, 0.25) is 0 Å². The Kier molecular flexibility index (Phi) is 5.85. The van der Waals surface area contributed by atoms with Crippen molar-refractivity contribution in [3.8, 4) is 5.75 Å². The van der Waals surface area contributed by atoms with Crippen molar-refractivity contribution in [3.63, 3.8) is 0 Å². The number of hydrogen-bond acceptors (Lipinski definition) is 3. The number of amides is 3. The fourth-order valence-corrected chi connectivity index (χ4v) is 3.90. The Bertz CT molecular complexity index is 1140. The van der Waals surface area contributed by atoms with Gasteiger partial charge in [0.1, 0.15) is 18.1 Å². The Morgan fingerprint density at radius 2 is 1.80 bits per heavy atom. The molecule has 3 aromatic rings. The third-order valence-corrected chi connectivity index (χ3v) is 5.48. The summed E-state index contributed by atoms with van der Waals surface area (Å²) in [5.41, 5.74) is 3.89. The van der Waals surface area contributed by atoms with Gasteiger partial charge >= 0.3 is 6.03 Å². The fraction of sp³-hybridized carbons (Fsp3) is 0.0833. The molecule has 0 bridgehead atoms. The zero-order valence-electron chi connectivity index (χ0n) is 16.3. The summed E-state index contributed by atoms with van der Waals surface area (Å²) < 4.78 is 6.87. The zero-order chi connectivity index (χ0) is 21.1. The molecule has 1 heterocycles. The lowest BCUT2D eigenvalue weighted by molar-refractivity contribution is -0.113. The quantitative estimate of drug-likeness (QED) is 0.289. The van der Waals surface area contributed by atoms with Gasteiger partial charge in [0, 0.05) is 0 Å². The topological polar surface area (TPSA) is 58.6 Å². The number of halogens is 1. The van der Waals surface area contributed by atoms with Crippen LogP contribution in [0.4, 0.5) is 10.5 Å². The molecule has 5 nitrogen and oxygen atoms in total. The van der Waals surface area contributed by atoms with Gasteiger partial charge < -0.3 is 10.1 Å². The average Bonchev–Trinajstić information content (AvgIpc) is 3.01. The molecule has 0 radical (unpaired) electrons. The van der Waals surface area contributed by atoms with E-state index in [9.17, 15) is 9.59 Å². The molecule has 1 aliphatic rings. The molecular formula is C24H19IN2O3. The maximum Gasteiger partial charge on any atom is 0.333 e. The maximum absolute atomic E-state index is 12.7. The van der Waals surface area contributed by atoms with E-state index < -0.39 is 6.03 Å². The van der Waals surface area contributed by atoms with Gasteiger partial charge in [-0.05, 0) is 71.0 Å². The third kappa shape index (κ3) is 4.38. The van der Waals surface area contributed by atoms with E-state index in [2.05, 4.69) is 47.0 Å². The van der Waals surface area contributed by atoms with Crippen LogP contribution >= 0.6 is 22.6 Å². The van der Waals surface area contributed by atoms with Gasteiger partial charge in [-0.3, -0.25) is 4.79 Å². The molecule has 1 aliphatic heterocycles.